The van der Waals surface area contributed by atoms with E-state index in [0.29, 0.717) is 18.5 Å². The van der Waals surface area contributed by atoms with Gasteiger partial charge in [0.1, 0.15) is 0 Å². The Labute approximate surface area is 219 Å². The number of nitrogens with zero attached hydrogens (tertiary/aromatic N) is 6. The topological polar surface area (TPSA) is 90.0 Å². The molecule has 0 aliphatic carbocycles. The fraction of sp³-hybridized carbons (Fsp3) is 0.167. The maximum atomic E-state index is 13.3. The summed E-state index contributed by atoms with van der Waals surface area (Å²) in [6, 6.07) is 18.0. The predicted molar refractivity (Wildman–Crippen MR) is 148 cm³/mol. The number of fused-ring (bicyclic) bond motifs is 2. The summed E-state index contributed by atoms with van der Waals surface area (Å²) in [4.78, 5) is 22.6. The van der Waals surface area contributed by atoms with Gasteiger partial charge in [-0.25, -0.2) is 0 Å². The lowest BCUT2D eigenvalue weighted by molar-refractivity contribution is -0.112. The van der Waals surface area contributed by atoms with Crippen molar-refractivity contribution in [3.8, 4) is 11.1 Å². The molecule has 8 heteroatoms. The molecule has 8 nitrogen and oxygen atoms in total. The summed E-state index contributed by atoms with van der Waals surface area (Å²) in [6.07, 6.45) is 8.01. The Morgan fingerprint density at radius 2 is 1.92 bits per heavy atom. The summed E-state index contributed by atoms with van der Waals surface area (Å²) in [6.45, 7) is 4.50. The van der Waals surface area contributed by atoms with Crippen LogP contribution in [0.15, 0.2) is 83.8 Å². The Morgan fingerprint density at radius 1 is 1.05 bits per heavy atom. The smallest absolute Gasteiger partial charge is 0.253 e. The number of rotatable bonds is 5. The molecule has 2 aromatic carbocycles. The van der Waals surface area contributed by atoms with Crippen LogP contribution in [0.5, 0.6) is 0 Å². The van der Waals surface area contributed by atoms with Gasteiger partial charge >= 0.3 is 0 Å². The number of pyridine rings is 1. The molecule has 6 rings (SSSR count). The monoisotopic (exact) mass is 501 g/mol. The normalized spacial score (nSPS) is 12.8. The predicted octanol–water partition coefficient (Wildman–Crippen LogP) is 3.82. The minimum atomic E-state index is -0.176. The van der Waals surface area contributed by atoms with Crippen molar-refractivity contribution in [3.05, 3.63) is 106 Å². The van der Waals surface area contributed by atoms with Crippen LogP contribution < -0.4 is 15.9 Å². The van der Waals surface area contributed by atoms with Gasteiger partial charge in [0, 0.05) is 41.7 Å². The van der Waals surface area contributed by atoms with Crippen molar-refractivity contribution in [1.82, 2.24) is 24.5 Å². The zero-order valence-electron chi connectivity index (χ0n) is 21.5. The zero-order chi connectivity index (χ0) is 26.2. The van der Waals surface area contributed by atoms with Crippen molar-refractivity contribution in [2.45, 2.75) is 26.8 Å². The van der Waals surface area contributed by atoms with E-state index in [2.05, 4.69) is 26.5 Å². The molecule has 4 heterocycles. The molecule has 0 saturated carbocycles. The molecule has 3 aromatic heterocycles. The summed E-state index contributed by atoms with van der Waals surface area (Å²) in [5.74, 6) is -0.176. The fourth-order valence-corrected chi connectivity index (χ4v) is 4.84. The van der Waals surface area contributed by atoms with Crippen LogP contribution in [0.3, 0.4) is 0 Å². The van der Waals surface area contributed by atoms with E-state index >= 15 is 0 Å². The maximum Gasteiger partial charge on any atom is 0.253 e. The molecule has 1 amide bonds. The standard InChI is InChI=1S/C30H27N7O/c1-19-6-4-7-25(33-19)18-37-28-9-5-8-26(29(28)20(2)35-37)34-30(38)23-13-11-21-10-12-22(14-27(21)31-15-23)24-16-32-36(3)17-24/h4-12,14-17H,13,18H2,1-3H3,(H,34,38). The SMILES string of the molecule is Cc1cccc(Cn2nc(C)c3c(NC(=O)C4=CN=c5cc(-c6cnn(C)c6)ccc5=CC4)cccc32)n1. The van der Waals surface area contributed by atoms with Crippen molar-refractivity contribution < 1.29 is 4.79 Å². The lowest BCUT2D eigenvalue weighted by Gasteiger charge is -2.09. The Bertz CT molecular complexity index is 1860. The van der Waals surface area contributed by atoms with Crippen LogP contribution in [0, 0.1) is 13.8 Å². The minimum Gasteiger partial charge on any atom is -0.322 e. The van der Waals surface area contributed by atoms with Crippen LogP contribution in [-0.2, 0) is 18.4 Å². The number of carbonyl (C=O) groups is 1. The van der Waals surface area contributed by atoms with Gasteiger partial charge in [-0.3, -0.25) is 24.1 Å². The summed E-state index contributed by atoms with van der Waals surface area (Å²) < 4.78 is 3.71. The Morgan fingerprint density at radius 3 is 2.74 bits per heavy atom. The Hall–Kier alpha value is -4.85. The van der Waals surface area contributed by atoms with Crippen molar-refractivity contribution in [2.75, 3.05) is 5.32 Å². The number of aryl methyl sites for hydroxylation is 3. The second-order valence-corrected chi connectivity index (χ2v) is 9.54. The molecule has 0 fully saturated rings. The van der Waals surface area contributed by atoms with Crippen molar-refractivity contribution in [1.29, 1.82) is 0 Å². The lowest BCUT2D eigenvalue weighted by atomic mass is 10.1. The van der Waals surface area contributed by atoms with Gasteiger partial charge in [-0.1, -0.05) is 30.3 Å². The molecule has 0 atom stereocenters. The number of anilines is 1. The van der Waals surface area contributed by atoms with Gasteiger partial charge in [-0.05, 0) is 61.4 Å². The molecule has 5 aromatic rings. The van der Waals surface area contributed by atoms with Gasteiger partial charge in [-0.15, -0.1) is 0 Å². The van der Waals surface area contributed by atoms with Crippen molar-refractivity contribution in [3.63, 3.8) is 0 Å². The zero-order valence-corrected chi connectivity index (χ0v) is 21.5. The van der Waals surface area contributed by atoms with E-state index in [1.807, 2.05) is 92.6 Å². The molecule has 1 aliphatic rings. The van der Waals surface area contributed by atoms with E-state index in [9.17, 15) is 4.79 Å². The van der Waals surface area contributed by atoms with Crippen LogP contribution in [0.25, 0.3) is 28.1 Å². The summed E-state index contributed by atoms with van der Waals surface area (Å²) in [5.41, 5.74) is 7.10. The van der Waals surface area contributed by atoms with E-state index < -0.39 is 0 Å². The molecule has 188 valence electrons. The molecule has 0 radical (unpaired) electrons. The third-order valence-electron chi connectivity index (χ3n) is 6.72. The summed E-state index contributed by atoms with van der Waals surface area (Å²) in [7, 11) is 1.90. The molecule has 1 aliphatic heterocycles. The number of nitrogens with one attached hydrogen (secondary N) is 1. The van der Waals surface area contributed by atoms with Crippen LogP contribution in [-0.4, -0.2) is 30.5 Å². The van der Waals surface area contributed by atoms with Crippen molar-refractivity contribution in [2.24, 2.45) is 12.0 Å². The van der Waals surface area contributed by atoms with E-state index in [4.69, 9.17) is 5.10 Å². The van der Waals surface area contributed by atoms with E-state index in [-0.39, 0.29) is 5.91 Å². The van der Waals surface area contributed by atoms with Crippen LogP contribution in [0.2, 0.25) is 0 Å². The van der Waals surface area contributed by atoms with E-state index in [1.165, 1.54) is 0 Å². The van der Waals surface area contributed by atoms with Gasteiger partial charge < -0.3 is 5.32 Å². The molecule has 0 bridgehead atoms. The van der Waals surface area contributed by atoms with Gasteiger partial charge in [0.15, 0.2) is 0 Å². The van der Waals surface area contributed by atoms with E-state index in [0.717, 1.165) is 55.4 Å². The third-order valence-corrected chi connectivity index (χ3v) is 6.72. The summed E-state index contributed by atoms with van der Waals surface area (Å²) in [5, 5.41) is 14.9. The minimum absolute atomic E-state index is 0.176. The first-order chi connectivity index (χ1) is 18.4. The largest absolute Gasteiger partial charge is 0.322 e. The van der Waals surface area contributed by atoms with Gasteiger partial charge in [-0.2, -0.15) is 10.2 Å². The van der Waals surface area contributed by atoms with Gasteiger partial charge in [0.2, 0.25) is 0 Å². The second-order valence-electron chi connectivity index (χ2n) is 9.54. The molecule has 0 unspecified atom stereocenters. The number of hydrogen-bond donors (Lipinski definition) is 1. The molecular formula is C30H27N7O. The van der Waals surface area contributed by atoms with Crippen LogP contribution in [0.1, 0.15) is 23.5 Å². The number of hydrogen-bond acceptors (Lipinski definition) is 5. The number of aromatic nitrogens is 5. The van der Waals surface area contributed by atoms with Crippen molar-refractivity contribution >= 4 is 28.6 Å². The average molecular weight is 502 g/mol. The fourth-order valence-electron chi connectivity index (χ4n) is 4.84. The molecule has 0 saturated heterocycles. The first kappa shape index (κ1) is 23.5. The highest BCUT2D eigenvalue weighted by molar-refractivity contribution is 6.09. The third kappa shape index (κ3) is 4.52. The average Bonchev–Trinajstić information content (AvgIpc) is 3.39. The summed E-state index contributed by atoms with van der Waals surface area (Å²) >= 11 is 0. The van der Waals surface area contributed by atoms with Gasteiger partial charge in [0.05, 0.1) is 40.7 Å². The lowest BCUT2D eigenvalue weighted by Crippen LogP contribution is -2.23. The molecular weight excluding hydrogens is 474 g/mol. The highest BCUT2D eigenvalue weighted by Crippen LogP contribution is 2.28. The second kappa shape index (κ2) is 9.55. The molecule has 1 N–H and O–H groups in total. The van der Waals surface area contributed by atoms with Crippen LogP contribution in [0.4, 0.5) is 5.69 Å². The number of carbonyl (C=O) groups excluding carboxylic acids is 1. The highest BCUT2D eigenvalue weighted by Gasteiger charge is 2.16. The van der Waals surface area contributed by atoms with Gasteiger partial charge in [0.25, 0.3) is 5.91 Å². The van der Waals surface area contributed by atoms with E-state index in [1.54, 1.807) is 10.9 Å². The molecule has 0 spiro atoms. The highest BCUT2D eigenvalue weighted by atomic mass is 16.1. The number of amides is 1. The quantitative estimate of drug-likeness (QED) is 0.396. The Balaban J connectivity index is 1.28. The Kier molecular flexibility index (Phi) is 5.92. The molecule has 38 heavy (non-hydrogen) atoms. The first-order valence-electron chi connectivity index (χ1n) is 12.5. The maximum absolute atomic E-state index is 13.3. The van der Waals surface area contributed by atoms with Crippen LogP contribution >= 0.6 is 0 Å². The number of benzene rings is 2. The first-order valence-corrected chi connectivity index (χ1v) is 12.5.